The molecule has 9 heteroatoms. The third kappa shape index (κ3) is 2.51. The largest absolute Gasteiger partial charge is 0.348 e. The minimum Gasteiger partial charge on any atom is -0.348 e. The zero-order valence-corrected chi connectivity index (χ0v) is 18.6. The summed E-state index contributed by atoms with van der Waals surface area (Å²) in [6.07, 6.45) is 1.72. The quantitative estimate of drug-likeness (QED) is 0.366. The summed E-state index contributed by atoms with van der Waals surface area (Å²) in [5, 5.41) is 24.9. The predicted molar refractivity (Wildman–Crippen MR) is 123 cm³/mol. The van der Waals surface area contributed by atoms with Crippen LogP contribution in [-0.4, -0.2) is 39.7 Å². The standard InChI is InChI=1S/C25H21N5O4/c1-28-13-5-8-21(28)22(31)24(15-26)19(16-9-11-17(12-10-16)30(33)34)14-29(2)25(24)18-6-3-4-7-20(18)27-23(25)32/h3-13,19H,14H2,1-2H3,(H,27,32). The van der Waals surface area contributed by atoms with Gasteiger partial charge in [-0.1, -0.05) is 30.3 Å². The Labute approximate surface area is 195 Å². The van der Waals surface area contributed by atoms with Crippen molar-refractivity contribution >= 4 is 23.1 Å². The van der Waals surface area contributed by atoms with Crippen LogP contribution in [-0.2, 0) is 17.4 Å². The number of fused-ring (bicyclic) bond motifs is 2. The van der Waals surface area contributed by atoms with Gasteiger partial charge in [-0.3, -0.25) is 24.6 Å². The Kier molecular flexibility index (Phi) is 4.67. The summed E-state index contributed by atoms with van der Waals surface area (Å²) in [5.41, 5.74) is -1.49. The number of nitro benzene ring substituents is 1. The molecule has 1 saturated heterocycles. The molecule has 2 aliphatic rings. The second kappa shape index (κ2) is 7.37. The van der Waals surface area contributed by atoms with Gasteiger partial charge in [-0.05, 0) is 30.8 Å². The highest BCUT2D eigenvalue weighted by molar-refractivity contribution is 6.15. The number of nitrogens with zero attached hydrogens (tertiary/aromatic N) is 4. The molecule has 0 radical (unpaired) electrons. The van der Waals surface area contributed by atoms with Gasteiger partial charge in [0, 0.05) is 49.1 Å². The van der Waals surface area contributed by atoms with Gasteiger partial charge in [0.1, 0.15) is 0 Å². The Morgan fingerprint density at radius 3 is 2.47 bits per heavy atom. The fraction of sp³-hybridized carbons (Fsp3) is 0.240. The molecule has 1 N–H and O–H groups in total. The number of nitriles is 1. The maximum absolute atomic E-state index is 14.3. The number of likely N-dealkylation sites (tertiary alicyclic amines) is 1. The van der Waals surface area contributed by atoms with E-state index in [0.29, 0.717) is 22.5 Å². The number of non-ortho nitro benzene ring substituents is 1. The molecule has 1 spiro atoms. The van der Waals surface area contributed by atoms with E-state index in [-0.39, 0.29) is 12.2 Å². The first-order chi connectivity index (χ1) is 16.3. The molecular weight excluding hydrogens is 434 g/mol. The van der Waals surface area contributed by atoms with E-state index >= 15 is 0 Å². The number of nitrogens with one attached hydrogen (secondary N) is 1. The Morgan fingerprint density at radius 2 is 1.85 bits per heavy atom. The first-order valence-electron chi connectivity index (χ1n) is 10.7. The molecule has 34 heavy (non-hydrogen) atoms. The summed E-state index contributed by atoms with van der Waals surface area (Å²) in [7, 11) is 3.45. The number of carbonyl (C=O) groups excluding carboxylic acids is 2. The normalized spacial score (nSPS) is 25.7. The van der Waals surface area contributed by atoms with Crippen LogP contribution in [0.15, 0.2) is 66.9 Å². The number of carbonyl (C=O) groups is 2. The zero-order chi connectivity index (χ0) is 24.3. The van der Waals surface area contributed by atoms with Crippen LogP contribution in [0, 0.1) is 26.9 Å². The van der Waals surface area contributed by atoms with Gasteiger partial charge < -0.3 is 9.88 Å². The number of amides is 1. The second-order valence-corrected chi connectivity index (χ2v) is 8.75. The minimum absolute atomic E-state index is 0.0925. The van der Waals surface area contributed by atoms with Crippen molar-refractivity contribution < 1.29 is 14.5 Å². The fourth-order valence-electron chi connectivity index (χ4n) is 5.73. The third-order valence-corrected chi connectivity index (χ3v) is 7.23. The predicted octanol–water partition coefficient (Wildman–Crippen LogP) is 3.20. The van der Waals surface area contributed by atoms with Crippen LogP contribution in [0.5, 0.6) is 0 Å². The average Bonchev–Trinajstić information content (AvgIpc) is 3.47. The van der Waals surface area contributed by atoms with Crippen molar-refractivity contribution in [3.05, 3.63) is 93.8 Å². The lowest BCUT2D eigenvalue weighted by atomic mass is 9.59. The highest BCUT2D eigenvalue weighted by Gasteiger charge is 2.74. The number of ketones is 1. The number of para-hydroxylation sites is 1. The Balaban J connectivity index is 1.82. The van der Waals surface area contributed by atoms with Crippen LogP contribution in [0.1, 0.15) is 27.5 Å². The number of hydrogen-bond donors (Lipinski definition) is 1. The van der Waals surface area contributed by atoms with Crippen molar-refractivity contribution in [3.8, 4) is 6.07 Å². The van der Waals surface area contributed by atoms with Gasteiger partial charge in [-0.25, -0.2) is 0 Å². The van der Waals surface area contributed by atoms with Crippen molar-refractivity contribution in [2.75, 3.05) is 18.9 Å². The summed E-state index contributed by atoms with van der Waals surface area (Å²) >= 11 is 0. The lowest BCUT2D eigenvalue weighted by Gasteiger charge is -2.41. The second-order valence-electron chi connectivity index (χ2n) is 8.75. The number of Topliss-reactive ketones (excluding diaryl/α,β-unsaturated/α-hetero) is 1. The van der Waals surface area contributed by atoms with Crippen molar-refractivity contribution in [1.82, 2.24) is 9.47 Å². The molecule has 3 heterocycles. The van der Waals surface area contributed by atoms with E-state index in [1.54, 1.807) is 78.3 Å². The van der Waals surface area contributed by atoms with E-state index in [2.05, 4.69) is 11.4 Å². The van der Waals surface area contributed by atoms with Crippen molar-refractivity contribution in [2.45, 2.75) is 11.5 Å². The monoisotopic (exact) mass is 455 g/mol. The molecule has 9 nitrogen and oxygen atoms in total. The maximum Gasteiger partial charge on any atom is 0.269 e. The molecule has 0 aliphatic carbocycles. The van der Waals surface area contributed by atoms with Crippen LogP contribution >= 0.6 is 0 Å². The first kappa shape index (κ1) is 21.6. The molecule has 1 aromatic heterocycles. The average molecular weight is 455 g/mol. The van der Waals surface area contributed by atoms with Gasteiger partial charge in [-0.15, -0.1) is 0 Å². The Bertz CT molecular complexity index is 1390. The van der Waals surface area contributed by atoms with Crippen molar-refractivity contribution in [1.29, 1.82) is 5.26 Å². The summed E-state index contributed by atoms with van der Waals surface area (Å²) in [4.78, 5) is 40.6. The maximum atomic E-state index is 14.3. The summed E-state index contributed by atoms with van der Waals surface area (Å²) in [6, 6.07) is 18.6. The Morgan fingerprint density at radius 1 is 1.15 bits per heavy atom. The van der Waals surface area contributed by atoms with Gasteiger partial charge in [0.15, 0.2) is 11.0 Å². The molecule has 1 fully saturated rings. The van der Waals surface area contributed by atoms with Crippen LogP contribution in [0.2, 0.25) is 0 Å². The van der Waals surface area contributed by atoms with Gasteiger partial charge in [0.05, 0.1) is 16.7 Å². The lowest BCUT2D eigenvalue weighted by Crippen LogP contribution is -2.58. The SMILES string of the molecule is CN1CC(c2ccc([N+](=O)[O-])cc2)C(C#N)(C(=O)c2cccn2C)C12C(=O)Nc1ccccc12. The summed E-state index contributed by atoms with van der Waals surface area (Å²) in [6.45, 7) is 0.225. The van der Waals surface area contributed by atoms with E-state index in [9.17, 15) is 25.0 Å². The number of likely N-dealkylation sites (N-methyl/N-ethyl adjacent to an activating group) is 1. The molecule has 2 aromatic carbocycles. The first-order valence-corrected chi connectivity index (χ1v) is 10.7. The van der Waals surface area contributed by atoms with Crippen LogP contribution < -0.4 is 5.32 Å². The van der Waals surface area contributed by atoms with Gasteiger partial charge in [0.2, 0.25) is 5.78 Å². The van der Waals surface area contributed by atoms with Crippen molar-refractivity contribution in [3.63, 3.8) is 0 Å². The third-order valence-electron chi connectivity index (χ3n) is 7.23. The topological polar surface area (TPSA) is 121 Å². The van der Waals surface area contributed by atoms with E-state index in [0.717, 1.165) is 0 Å². The molecule has 0 saturated carbocycles. The summed E-state index contributed by atoms with van der Waals surface area (Å²) in [5.74, 6) is -1.63. The molecule has 2 aliphatic heterocycles. The molecule has 3 unspecified atom stereocenters. The number of hydrogen-bond acceptors (Lipinski definition) is 6. The Hall–Kier alpha value is -4.29. The molecule has 3 atom stereocenters. The highest BCUT2D eigenvalue weighted by atomic mass is 16.6. The highest BCUT2D eigenvalue weighted by Crippen LogP contribution is 2.62. The molecule has 170 valence electrons. The lowest BCUT2D eigenvalue weighted by molar-refractivity contribution is -0.384. The number of nitro groups is 1. The minimum atomic E-state index is -1.83. The molecule has 3 aromatic rings. The van der Waals surface area contributed by atoms with Gasteiger partial charge >= 0.3 is 0 Å². The van der Waals surface area contributed by atoms with Crippen LogP contribution in [0.25, 0.3) is 0 Å². The van der Waals surface area contributed by atoms with Gasteiger partial charge in [0.25, 0.3) is 11.6 Å². The number of aromatic nitrogens is 1. The number of benzene rings is 2. The fourth-order valence-corrected chi connectivity index (χ4v) is 5.73. The van der Waals surface area contributed by atoms with Crippen molar-refractivity contribution in [2.24, 2.45) is 12.5 Å². The number of anilines is 1. The summed E-state index contributed by atoms with van der Waals surface area (Å²) < 4.78 is 1.64. The van der Waals surface area contributed by atoms with Crippen LogP contribution in [0.3, 0.4) is 0 Å². The van der Waals surface area contributed by atoms with E-state index in [1.165, 1.54) is 12.1 Å². The van der Waals surface area contributed by atoms with Crippen LogP contribution in [0.4, 0.5) is 11.4 Å². The smallest absolute Gasteiger partial charge is 0.269 e. The van der Waals surface area contributed by atoms with Gasteiger partial charge in [-0.2, -0.15) is 5.26 Å². The number of aryl methyl sites for hydroxylation is 1. The number of rotatable bonds is 4. The van der Waals surface area contributed by atoms with E-state index in [4.69, 9.17) is 0 Å². The zero-order valence-electron chi connectivity index (χ0n) is 18.6. The molecular formula is C25H21N5O4. The molecule has 5 rings (SSSR count). The molecule has 0 bridgehead atoms. The molecule has 1 amide bonds. The van der Waals surface area contributed by atoms with E-state index in [1.807, 2.05) is 0 Å². The van der Waals surface area contributed by atoms with E-state index < -0.39 is 33.5 Å².